The van der Waals surface area contributed by atoms with Crippen LogP contribution in [0.25, 0.3) is 0 Å². The predicted molar refractivity (Wildman–Crippen MR) is 106 cm³/mol. The number of rotatable bonds is 6. The van der Waals surface area contributed by atoms with Crippen LogP contribution < -0.4 is 15.6 Å². The molecule has 3 rings (SSSR count). The lowest BCUT2D eigenvalue weighted by Gasteiger charge is -2.29. The van der Waals surface area contributed by atoms with Crippen molar-refractivity contribution in [3.8, 4) is 0 Å². The highest BCUT2D eigenvalue weighted by atomic mass is 16.6. The molecule has 0 saturated carbocycles. The lowest BCUT2D eigenvalue weighted by molar-refractivity contribution is -0.383. The second kappa shape index (κ2) is 8.98. The van der Waals surface area contributed by atoms with Crippen LogP contribution in [-0.4, -0.2) is 36.8 Å². The maximum atomic E-state index is 11.4. The summed E-state index contributed by atoms with van der Waals surface area (Å²) >= 11 is 0. The Kier molecular flexibility index (Phi) is 6.44. The van der Waals surface area contributed by atoms with Gasteiger partial charge < -0.3 is 10.2 Å². The SMILES string of the molecule is CCC[C@@H]1CCNC/C1=N/Nc1cc(N2CCCCC2)ccc1[N+](=O)[O-]. The van der Waals surface area contributed by atoms with Crippen LogP contribution in [-0.2, 0) is 0 Å². The van der Waals surface area contributed by atoms with Crippen molar-refractivity contribution in [1.82, 2.24) is 5.32 Å². The Balaban J connectivity index is 1.81. The third-order valence-electron chi connectivity index (χ3n) is 5.30. The predicted octanol–water partition coefficient (Wildman–Crippen LogP) is 3.76. The van der Waals surface area contributed by atoms with E-state index in [1.54, 1.807) is 6.07 Å². The van der Waals surface area contributed by atoms with E-state index in [-0.39, 0.29) is 10.6 Å². The largest absolute Gasteiger partial charge is 0.371 e. The van der Waals surface area contributed by atoms with Gasteiger partial charge in [-0.15, -0.1) is 0 Å². The van der Waals surface area contributed by atoms with Crippen LogP contribution >= 0.6 is 0 Å². The number of nitrogens with zero attached hydrogens (tertiary/aromatic N) is 3. The van der Waals surface area contributed by atoms with Gasteiger partial charge in [0.05, 0.1) is 10.6 Å². The summed E-state index contributed by atoms with van der Waals surface area (Å²) < 4.78 is 0. The van der Waals surface area contributed by atoms with Crippen molar-refractivity contribution in [1.29, 1.82) is 0 Å². The van der Waals surface area contributed by atoms with Crippen molar-refractivity contribution in [3.63, 3.8) is 0 Å². The number of nitro groups is 1. The van der Waals surface area contributed by atoms with E-state index >= 15 is 0 Å². The Morgan fingerprint density at radius 2 is 2.15 bits per heavy atom. The van der Waals surface area contributed by atoms with Crippen LogP contribution in [0.3, 0.4) is 0 Å². The van der Waals surface area contributed by atoms with Gasteiger partial charge in [-0.3, -0.25) is 15.5 Å². The fraction of sp³-hybridized carbons (Fsp3) is 0.632. The molecule has 7 heteroatoms. The molecule has 0 amide bonds. The standard InChI is InChI=1S/C19H29N5O2/c1-2-6-15-9-10-20-14-18(15)22-21-17-13-16(7-8-19(17)24(25)26)23-11-4-3-5-12-23/h7-8,13,15,20-21H,2-6,9-12,14H2,1H3/b22-18-/t15-/m1/s1. The minimum atomic E-state index is -0.342. The molecule has 0 aromatic heterocycles. The molecular formula is C19H29N5O2. The zero-order valence-electron chi connectivity index (χ0n) is 15.5. The van der Waals surface area contributed by atoms with E-state index in [1.807, 2.05) is 12.1 Å². The molecule has 2 fully saturated rings. The van der Waals surface area contributed by atoms with Crippen molar-refractivity contribution in [2.45, 2.75) is 45.4 Å². The van der Waals surface area contributed by atoms with Gasteiger partial charge in [0, 0.05) is 37.3 Å². The Morgan fingerprint density at radius 3 is 2.88 bits per heavy atom. The summed E-state index contributed by atoms with van der Waals surface area (Å²) in [5.41, 5.74) is 5.66. The molecule has 7 nitrogen and oxygen atoms in total. The first kappa shape index (κ1) is 18.6. The first-order chi connectivity index (χ1) is 12.7. The van der Waals surface area contributed by atoms with Gasteiger partial charge in [-0.05, 0) is 50.8 Å². The van der Waals surface area contributed by atoms with Crippen molar-refractivity contribution in [3.05, 3.63) is 28.3 Å². The highest BCUT2D eigenvalue weighted by Gasteiger charge is 2.21. The monoisotopic (exact) mass is 359 g/mol. The van der Waals surface area contributed by atoms with E-state index in [1.165, 1.54) is 19.3 Å². The molecule has 1 atom stereocenters. The zero-order chi connectivity index (χ0) is 18.4. The number of benzene rings is 1. The molecule has 142 valence electrons. The Morgan fingerprint density at radius 1 is 1.35 bits per heavy atom. The van der Waals surface area contributed by atoms with Gasteiger partial charge >= 0.3 is 0 Å². The van der Waals surface area contributed by atoms with E-state index in [9.17, 15) is 10.1 Å². The summed E-state index contributed by atoms with van der Waals surface area (Å²) in [6.07, 6.45) is 6.91. The number of hydrazone groups is 1. The van der Waals surface area contributed by atoms with Crippen LogP contribution in [0.4, 0.5) is 17.1 Å². The molecule has 2 aliphatic heterocycles. The Hall–Kier alpha value is -2.15. The minimum absolute atomic E-state index is 0.0749. The zero-order valence-corrected chi connectivity index (χ0v) is 15.5. The molecule has 2 saturated heterocycles. The highest BCUT2D eigenvalue weighted by molar-refractivity contribution is 5.90. The van der Waals surface area contributed by atoms with Gasteiger partial charge in [0.15, 0.2) is 0 Å². The third-order valence-corrected chi connectivity index (χ3v) is 5.30. The fourth-order valence-electron chi connectivity index (χ4n) is 3.85. The molecule has 0 unspecified atom stereocenters. The lowest BCUT2D eigenvalue weighted by Crippen LogP contribution is -2.37. The number of piperidine rings is 2. The molecule has 0 bridgehead atoms. The van der Waals surface area contributed by atoms with Gasteiger partial charge in [-0.2, -0.15) is 5.10 Å². The first-order valence-corrected chi connectivity index (χ1v) is 9.75. The first-order valence-electron chi connectivity index (χ1n) is 9.75. The number of hydrogen-bond donors (Lipinski definition) is 2. The molecule has 0 spiro atoms. The Bertz CT molecular complexity index is 653. The lowest BCUT2D eigenvalue weighted by atomic mass is 9.91. The average molecular weight is 359 g/mol. The summed E-state index contributed by atoms with van der Waals surface area (Å²) in [6.45, 7) is 5.95. The molecule has 0 radical (unpaired) electrons. The number of nitrogens with one attached hydrogen (secondary N) is 2. The van der Waals surface area contributed by atoms with Crippen LogP contribution in [0.1, 0.15) is 45.4 Å². The van der Waals surface area contributed by atoms with Crippen LogP contribution in [0.15, 0.2) is 23.3 Å². The summed E-state index contributed by atoms with van der Waals surface area (Å²) in [7, 11) is 0. The second-order valence-electron chi connectivity index (χ2n) is 7.17. The van der Waals surface area contributed by atoms with E-state index in [2.05, 4.69) is 27.7 Å². The van der Waals surface area contributed by atoms with E-state index in [4.69, 9.17) is 0 Å². The molecule has 26 heavy (non-hydrogen) atoms. The van der Waals surface area contributed by atoms with Gasteiger partial charge in [0.2, 0.25) is 0 Å². The molecule has 2 N–H and O–H groups in total. The summed E-state index contributed by atoms with van der Waals surface area (Å²) in [6, 6.07) is 5.32. The molecule has 0 aliphatic carbocycles. The minimum Gasteiger partial charge on any atom is -0.371 e. The third kappa shape index (κ3) is 4.52. The number of hydrogen-bond acceptors (Lipinski definition) is 6. The quantitative estimate of drug-likeness (QED) is 0.597. The van der Waals surface area contributed by atoms with Crippen molar-refractivity contribution in [2.75, 3.05) is 36.5 Å². The normalized spacial score (nSPS) is 22.4. The average Bonchev–Trinajstić information content (AvgIpc) is 2.68. The van der Waals surface area contributed by atoms with Gasteiger partial charge in [0.1, 0.15) is 5.69 Å². The molecule has 1 aromatic rings. The van der Waals surface area contributed by atoms with Crippen LogP contribution in [0.2, 0.25) is 0 Å². The van der Waals surface area contributed by atoms with Crippen molar-refractivity contribution >= 4 is 22.8 Å². The number of nitro benzene ring substituents is 1. The molecule has 2 aliphatic rings. The Labute approximate surface area is 155 Å². The van der Waals surface area contributed by atoms with Gasteiger partial charge in [-0.25, -0.2) is 0 Å². The van der Waals surface area contributed by atoms with E-state index in [0.29, 0.717) is 11.6 Å². The van der Waals surface area contributed by atoms with Gasteiger partial charge in [-0.1, -0.05) is 13.3 Å². The molecular weight excluding hydrogens is 330 g/mol. The maximum Gasteiger partial charge on any atom is 0.294 e. The number of anilines is 2. The maximum absolute atomic E-state index is 11.4. The van der Waals surface area contributed by atoms with Gasteiger partial charge in [0.25, 0.3) is 5.69 Å². The molecule has 1 aromatic carbocycles. The van der Waals surface area contributed by atoms with Crippen LogP contribution in [0, 0.1) is 16.0 Å². The van der Waals surface area contributed by atoms with Crippen molar-refractivity contribution < 1.29 is 4.92 Å². The summed E-state index contributed by atoms with van der Waals surface area (Å²) in [5, 5.41) is 19.3. The highest BCUT2D eigenvalue weighted by Crippen LogP contribution is 2.31. The van der Waals surface area contributed by atoms with E-state index < -0.39 is 0 Å². The summed E-state index contributed by atoms with van der Waals surface area (Å²) in [4.78, 5) is 13.4. The van der Waals surface area contributed by atoms with E-state index in [0.717, 1.165) is 56.8 Å². The van der Waals surface area contributed by atoms with Crippen LogP contribution in [0.5, 0.6) is 0 Å². The molecule has 2 heterocycles. The van der Waals surface area contributed by atoms with Crippen molar-refractivity contribution in [2.24, 2.45) is 11.0 Å². The topological polar surface area (TPSA) is 82.8 Å². The summed E-state index contributed by atoms with van der Waals surface area (Å²) in [5.74, 6) is 0.457. The fourth-order valence-corrected chi connectivity index (χ4v) is 3.85. The second-order valence-corrected chi connectivity index (χ2v) is 7.17. The smallest absolute Gasteiger partial charge is 0.294 e.